The van der Waals surface area contributed by atoms with E-state index in [1.807, 2.05) is 6.92 Å². The summed E-state index contributed by atoms with van der Waals surface area (Å²) in [6, 6.07) is 3.66. The third-order valence-electron chi connectivity index (χ3n) is 3.46. The first-order chi connectivity index (χ1) is 9.86. The summed E-state index contributed by atoms with van der Waals surface area (Å²) >= 11 is 12.4. The highest BCUT2D eigenvalue weighted by molar-refractivity contribution is 7.89. The number of benzene rings is 1. The smallest absolute Gasteiger partial charge is 0.244 e. The van der Waals surface area contributed by atoms with E-state index < -0.39 is 10.0 Å². The summed E-state index contributed by atoms with van der Waals surface area (Å²) in [6.07, 6.45) is 3.05. The van der Waals surface area contributed by atoms with Crippen molar-refractivity contribution >= 4 is 33.2 Å². The molecule has 2 rings (SSSR count). The van der Waals surface area contributed by atoms with Gasteiger partial charge in [-0.1, -0.05) is 30.1 Å². The first-order valence-corrected chi connectivity index (χ1v) is 9.23. The molecule has 1 aliphatic rings. The van der Waals surface area contributed by atoms with Crippen molar-refractivity contribution < 1.29 is 8.42 Å². The molecular weight excluding hydrogens is 331 g/mol. The van der Waals surface area contributed by atoms with Crippen LogP contribution < -0.4 is 5.32 Å². The van der Waals surface area contributed by atoms with E-state index in [-0.39, 0.29) is 9.92 Å². The summed E-state index contributed by atoms with van der Waals surface area (Å²) in [5.41, 5.74) is 0.722. The van der Waals surface area contributed by atoms with Crippen LogP contribution >= 0.6 is 23.2 Å². The first-order valence-electron chi connectivity index (χ1n) is 7.04. The van der Waals surface area contributed by atoms with Crippen LogP contribution in [-0.2, 0) is 16.6 Å². The van der Waals surface area contributed by atoms with Crippen LogP contribution in [0.4, 0.5) is 0 Å². The zero-order valence-electron chi connectivity index (χ0n) is 12.2. The van der Waals surface area contributed by atoms with Crippen molar-refractivity contribution in [2.75, 3.05) is 13.6 Å². The Morgan fingerprint density at radius 3 is 2.57 bits per heavy atom. The van der Waals surface area contributed by atoms with E-state index in [4.69, 9.17) is 23.2 Å². The van der Waals surface area contributed by atoms with E-state index in [2.05, 4.69) is 5.32 Å². The molecule has 1 fully saturated rings. The molecule has 1 aromatic rings. The molecule has 0 aromatic heterocycles. The third-order valence-corrected chi connectivity index (χ3v) is 6.12. The molecule has 0 spiro atoms. The van der Waals surface area contributed by atoms with E-state index >= 15 is 0 Å². The van der Waals surface area contributed by atoms with Crippen molar-refractivity contribution in [1.29, 1.82) is 0 Å². The summed E-state index contributed by atoms with van der Waals surface area (Å²) in [6.45, 7) is 2.90. The van der Waals surface area contributed by atoms with Crippen molar-refractivity contribution in [1.82, 2.24) is 9.62 Å². The minimum absolute atomic E-state index is 0.0835. The standard InChI is InChI=1S/C14H20Cl2N2O2S/c1-3-6-18(2)21(19,20)13-8-11(15)7-10(14(13)16)9-17-12-4-5-12/h7-8,12,17H,3-6,9H2,1-2H3. The van der Waals surface area contributed by atoms with Gasteiger partial charge in [-0.15, -0.1) is 0 Å². The Labute approximate surface area is 136 Å². The fourth-order valence-electron chi connectivity index (χ4n) is 2.08. The number of halogens is 2. The van der Waals surface area contributed by atoms with Gasteiger partial charge in [-0.25, -0.2) is 12.7 Å². The van der Waals surface area contributed by atoms with E-state index in [9.17, 15) is 8.42 Å². The fraction of sp³-hybridized carbons (Fsp3) is 0.571. The van der Waals surface area contributed by atoms with E-state index in [1.165, 1.54) is 10.4 Å². The lowest BCUT2D eigenvalue weighted by Crippen LogP contribution is -2.28. The fourth-order valence-corrected chi connectivity index (χ4v) is 4.25. The van der Waals surface area contributed by atoms with Crippen LogP contribution in [0.25, 0.3) is 0 Å². The number of rotatable bonds is 7. The minimum atomic E-state index is -3.61. The van der Waals surface area contributed by atoms with Crippen LogP contribution in [0.5, 0.6) is 0 Å². The van der Waals surface area contributed by atoms with Gasteiger partial charge in [0.2, 0.25) is 10.0 Å². The predicted molar refractivity (Wildman–Crippen MR) is 86.4 cm³/mol. The van der Waals surface area contributed by atoms with Crippen LogP contribution in [0.15, 0.2) is 17.0 Å². The molecule has 0 amide bonds. The number of hydrogen-bond donors (Lipinski definition) is 1. The van der Waals surface area contributed by atoms with Crippen LogP contribution in [0.1, 0.15) is 31.7 Å². The van der Waals surface area contributed by atoms with Crippen molar-refractivity contribution in [2.24, 2.45) is 0 Å². The van der Waals surface area contributed by atoms with E-state index in [1.54, 1.807) is 13.1 Å². The normalized spacial score (nSPS) is 15.7. The Hall–Kier alpha value is -0.330. The molecule has 0 radical (unpaired) electrons. The molecule has 0 atom stereocenters. The monoisotopic (exact) mass is 350 g/mol. The summed E-state index contributed by atoms with van der Waals surface area (Å²) in [7, 11) is -2.06. The molecular formula is C14H20Cl2N2O2S. The summed E-state index contributed by atoms with van der Waals surface area (Å²) in [5, 5.41) is 3.97. The maximum Gasteiger partial charge on any atom is 0.244 e. The zero-order valence-corrected chi connectivity index (χ0v) is 14.5. The highest BCUT2D eigenvalue weighted by atomic mass is 35.5. The second kappa shape index (κ2) is 6.84. The minimum Gasteiger partial charge on any atom is -0.310 e. The molecule has 1 saturated carbocycles. The molecule has 1 aliphatic carbocycles. The number of sulfonamides is 1. The van der Waals surface area contributed by atoms with Crippen molar-refractivity contribution in [3.63, 3.8) is 0 Å². The van der Waals surface area contributed by atoms with Crippen molar-refractivity contribution in [3.05, 3.63) is 27.7 Å². The van der Waals surface area contributed by atoms with Gasteiger partial charge in [-0.3, -0.25) is 0 Å². The van der Waals surface area contributed by atoms with Gasteiger partial charge in [0, 0.05) is 31.2 Å². The second-order valence-electron chi connectivity index (χ2n) is 5.36. The SMILES string of the molecule is CCCN(C)S(=O)(=O)c1cc(Cl)cc(CNC2CC2)c1Cl. The average Bonchev–Trinajstić information content (AvgIpc) is 3.23. The van der Waals surface area contributed by atoms with E-state index in [0.717, 1.165) is 24.8 Å². The van der Waals surface area contributed by atoms with Gasteiger partial charge in [0.15, 0.2) is 0 Å². The average molecular weight is 351 g/mol. The maximum absolute atomic E-state index is 12.6. The Morgan fingerprint density at radius 1 is 1.33 bits per heavy atom. The maximum atomic E-state index is 12.6. The predicted octanol–water partition coefficient (Wildman–Crippen LogP) is 3.28. The topological polar surface area (TPSA) is 49.4 Å². The van der Waals surface area contributed by atoms with Crippen LogP contribution in [0.2, 0.25) is 10.0 Å². The van der Waals surface area contributed by atoms with Gasteiger partial charge in [-0.05, 0) is 37.0 Å². The third kappa shape index (κ3) is 4.11. The molecule has 0 bridgehead atoms. The lowest BCUT2D eigenvalue weighted by molar-refractivity contribution is 0.468. The molecule has 118 valence electrons. The molecule has 1 N–H and O–H groups in total. The molecule has 0 unspecified atom stereocenters. The van der Waals surface area contributed by atoms with Crippen LogP contribution in [0, 0.1) is 0 Å². The Balaban J connectivity index is 2.33. The number of nitrogens with one attached hydrogen (secondary N) is 1. The van der Waals surface area contributed by atoms with Crippen molar-refractivity contribution in [2.45, 2.75) is 43.7 Å². The lowest BCUT2D eigenvalue weighted by atomic mass is 10.2. The highest BCUT2D eigenvalue weighted by Crippen LogP contribution is 2.32. The molecule has 7 heteroatoms. The Kier molecular flexibility index (Phi) is 5.54. The van der Waals surface area contributed by atoms with Crippen LogP contribution in [0.3, 0.4) is 0 Å². The molecule has 0 heterocycles. The van der Waals surface area contributed by atoms with Gasteiger partial charge >= 0.3 is 0 Å². The van der Waals surface area contributed by atoms with Gasteiger partial charge < -0.3 is 5.32 Å². The van der Waals surface area contributed by atoms with Crippen LogP contribution in [-0.4, -0.2) is 32.4 Å². The van der Waals surface area contributed by atoms with Gasteiger partial charge in [0.25, 0.3) is 0 Å². The van der Waals surface area contributed by atoms with Gasteiger partial charge in [0.1, 0.15) is 4.90 Å². The van der Waals surface area contributed by atoms with Gasteiger partial charge in [0.05, 0.1) is 5.02 Å². The van der Waals surface area contributed by atoms with E-state index in [0.29, 0.717) is 24.2 Å². The summed E-state index contributed by atoms with van der Waals surface area (Å²) < 4.78 is 26.4. The largest absolute Gasteiger partial charge is 0.310 e. The summed E-state index contributed by atoms with van der Waals surface area (Å²) in [4.78, 5) is 0.0835. The summed E-state index contributed by atoms with van der Waals surface area (Å²) in [5.74, 6) is 0. The zero-order chi connectivity index (χ0) is 15.6. The number of hydrogen-bond acceptors (Lipinski definition) is 3. The quantitative estimate of drug-likeness (QED) is 0.820. The lowest BCUT2D eigenvalue weighted by Gasteiger charge is -2.19. The van der Waals surface area contributed by atoms with Gasteiger partial charge in [-0.2, -0.15) is 0 Å². The van der Waals surface area contributed by atoms with Crippen molar-refractivity contribution in [3.8, 4) is 0 Å². The molecule has 0 aliphatic heterocycles. The second-order valence-corrected chi connectivity index (χ2v) is 8.19. The molecule has 21 heavy (non-hydrogen) atoms. The number of nitrogens with zero attached hydrogens (tertiary/aromatic N) is 1. The highest BCUT2D eigenvalue weighted by Gasteiger charge is 2.26. The Bertz CT molecular complexity index is 616. The first kappa shape index (κ1) is 17.0. The Morgan fingerprint density at radius 2 is 2.00 bits per heavy atom. The molecule has 4 nitrogen and oxygen atoms in total. The molecule has 0 saturated heterocycles. The molecule has 1 aromatic carbocycles.